The van der Waals surface area contributed by atoms with E-state index >= 15 is 0 Å². The third kappa shape index (κ3) is 4.08. The topological polar surface area (TPSA) is 112 Å². The van der Waals surface area contributed by atoms with Crippen molar-refractivity contribution in [3.05, 3.63) is 10.6 Å². The summed E-state index contributed by atoms with van der Waals surface area (Å²) in [4.78, 5) is 22.4. The molecule has 1 unspecified atom stereocenters. The number of carbonyl (C=O) groups excluding carboxylic acids is 1. The Hall–Kier alpha value is -1.54. The maximum absolute atomic E-state index is 11.6. The van der Waals surface area contributed by atoms with Gasteiger partial charge in [-0.15, -0.1) is 5.10 Å². The Morgan fingerprint density at radius 2 is 2.18 bits per heavy atom. The molecule has 0 spiro atoms. The quantitative estimate of drug-likeness (QED) is 0.675. The van der Waals surface area contributed by atoms with Gasteiger partial charge in [0.15, 0.2) is 0 Å². The third-order valence-corrected chi connectivity index (χ3v) is 2.85. The lowest BCUT2D eigenvalue weighted by Gasteiger charge is -2.21. The van der Waals surface area contributed by atoms with Gasteiger partial charge < -0.3 is 15.5 Å². The molecule has 1 amide bonds. The number of carbonyl (C=O) groups is 2. The van der Waals surface area contributed by atoms with E-state index in [1.54, 1.807) is 6.92 Å². The molecule has 0 fully saturated rings. The first-order valence-corrected chi connectivity index (χ1v) is 5.60. The largest absolute Gasteiger partial charge is 0.481 e. The zero-order valence-electron chi connectivity index (χ0n) is 9.43. The minimum Gasteiger partial charge on any atom is -0.481 e. The average Bonchev–Trinajstić information content (AvgIpc) is 2.59. The van der Waals surface area contributed by atoms with Crippen LogP contribution in [0.1, 0.15) is 28.7 Å². The first-order valence-electron chi connectivity index (χ1n) is 4.83. The molecular formula is C9H13N3O4S. The van der Waals surface area contributed by atoms with Crippen molar-refractivity contribution >= 4 is 23.4 Å². The van der Waals surface area contributed by atoms with Crippen LogP contribution < -0.4 is 5.32 Å². The van der Waals surface area contributed by atoms with E-state index in [1.165, 1.54) is 6.92 Å². The Morgan fingerprint density at radius 1 is 1.53 bits per heavy atom. The summed E-state index contributed by atoms with van der Waals surface area (Å²) in [6.45, 7) is 2.85. The van der Waals surface area contributed by atoms with Crippen molar-refractivity contribution < 1.29 is 19.8 Å². The highest BCUT2D eigenvalue weighted by atomic mass is 32.1. The molecule has 1 atom stereocenters. The van der Waals surface area contributed by atoms with E-state index in [0.29, 0.717) is 10.6 Å². The summed E-state index contributed by atoms with van der Waals surface area (Å²) in [7, 11) is 0. The van der Waals surface area contributed by atoms with Gasteiger partial charge in [-0.3, -0.25) is 9.59 Å². The highest BCUT2D eigenvalue weighted by molar-refractivity contribution is 7.07. The first-order chi connectivity index (χ1) is 7.82. The maximum atomic E-state index is 11.6. The number of carboxylic acids is 1. The number of nitrogens with zero attached hydrogens (tertiary/aromatic N) is 2. The Balaban J connectivity index is 2.54. The normalized spacial score (nSPS) is 14.1. The van der Waals surface area contributed by atoms with Crippen molar-refractivity contribution in [2.75, 3.05) is 6.54 Å². The minimum atomic E-state index is -1.48. The van der Waals surface area contributed by atoms with Crippen molar-refractivity contribution in [3.63, 3.8) is 0 Å². The Bertz CT molecular complexity index is 430. The lowest BCUT2D eigenvalue weighted by molar-refractivity contribution is -0.141. The zero-order chi connectivity index (χ0) is 13.1. The molecule has 0 saturated heterocycles. The number of aryl methyl sites for hydroxylation is 1. The molecule has 1 rings (SSSR count). The Labute approximate surface area is 102 Å². The summed E-state index contributed by atoms with van der Waals surface area (Å²) in [5, 5.41) is 24.4. The van der Waals surface area contributed by atoms with Crippen LogP contribution in [-0.2, 0) is 4.79 Å². The molecule has 1 heterocycles. The molecule has 1 aromatic rings. The van der Waals surface area contributed by atoms with Crippen molar-refractivity contribution in [2.45, 2.75) is 25.9 Å². The van der Waals surface area contributed by atoms with Crippen LogP contribution in [0.4, 0.5) is 0 Å². The lowest BCUT2D eigenvalue weighted by Crippen LogP contribution is -2.42. The van der Waals surface area contributed by atoms with E-state index in [4.69, 9.17) is 5.11 Å². The Morgan fingerprint density at radius 3 is 2.65 bits per heavy atom. The van der Waals surface area contributed by atoms with Gasteiger partial charge in [0.1, 0.15) is 4.88 Å². The highest BCUT2D eigenvalue weighted by Gasteiger charge is 2.25. The highest BCUT2D eigenvalue weighted by Crippen LogP contribution is 2.11. The van der Waals surface area contributed by atoms with Gasteiger partial charge in [-0.2, -0.15) is 0 Å². The predicted molar refractivity (Wildman–Crippen MR) is 59.9 cm³/mol. The van der Waals surface area contributed by atoms with Crippen molar-refractivity contribution in [2.24, 2.45) is 0 Å². The van der Waals surface area contributed by atoms with E-state index in [1.807, 2.05) is 0 Å². The smallest absolute Gasteiger partial charge is 0.306 e. The SMILES string of the molecule is Cc1nnsc1C(=O)NCC(C)(O)CC(=O)O. The van der Waals surface area contributed by atoms with Gasteiger partial charge >= 0.3 is 5.97 Å². The molecule has 7 nitrogen and oxygen atoms in total. The number of carboxylic acid groups (broad SMARTS) is 1. The van der Waals surface area contributed by atoms with Gasteiger partial charge in [0.25, 0.3) is 5.91 Å². The summed E-state index contributed by atoms with van der Waals surface area (Å²) < 4.78 is 3.61. The van der Waals surface area contributed by atoms with Gasteiger partial charge in [0.05, 0.1) is 17.7 Å². The lowest BCUT2D eigenvalue weighted by atomic mass is 10.0. The molecule has 94 valence electrons. The molecule has 0 aliphatic carbocycles. The van der Waals surface area contributed by atoms with Crippen molar-refractivity contribution in [3.8, 4) is 0 Å². The number of aliphatic carboxylic acids is 1. The van der Waals surface area contributed by atoms with Crippen LogP contribution >= 0.6 is 11.5 Å². The molecule has 3 N–H and O–H groups in total. The third-order valence-electron chi connectivity index (χ3n) is 2.02. The van der Waals surface area contributed by atoms with Crippen LogP contribution in [-0.4, -0.2) is 43.8 Å². The molecule has 0 saturated carbocycles. The fourth-order valence-corrected chi connectivity index (χ4v) is 1.75. The fraction of sp³-hybridized carbons (Fsp3) is 0.556. The summed E-state index contributed by atoms with van der Waals surface area (Å²) in [5.41, 5.74) is -0.974. The van der Waals surface area contributed by atoms with Crippen molar-refractivity contribution in [1.29, 1.82) is 0 Å². The number of aliphatic hydroxyl groups is 1. The van der Waals surface area contributed by atoms with Crippen LogP contribution in [0.3, 0.4) is 0 Å². The molecule has 0 radical (unpaired) electrons. The molecular weight excluding hydrogens is 246 g/mol. The van der Waals surface area contributed by atoms with Gasteiger partial charge in [-0.05, 0) is 25.4 Å². The van der Waals surface area contributed by atoms with E-state index in [0.717, 1.165) is 11.5 Å². The number of hydrogen-bond acceptors (Lipinski definition) is 6. The second kappa shape index (κ2) is 5.19. The van der Waals surface area contributed by atoms with E-state index in [9.17, 15) is 14.7 Å². The monoisotopic (exact) mass is 259 g/mol. The number of nitrogens with one attached hydrogen (secondary N) is 1. The van der Waals surface area contributed by atoms with Crippen LogP contribution in [0, 0.1) is 6.92 Å². The van der Waals surface area contributed by atoms with Crippen LogP contribution in [0.5, 0.6) is 0 Å². The van der Waals surface area contributed by atoms with Crippen LogP contribution in [0.15, 0.2) is 0 Å². The molecule has 17 heavy (non-hydrogen) atoms. The summed E-state index contributed by atoms with van der Waals surface area (Å²) in [6, 6.07) is 0. The van der Waals surface area contributed by atoms with Crippen molar-refractivity contribution in [1.82, 2.24) is 14.9 Å². The Kier molecular flexibility index (Phi) is 4.13. The molecule has 0 bridgehead atoms. The molecule has 0 aliphatic heterocycles. The molecule has 1 aromatic heterocycles. The summed E-state index contributed by atoms with van der Waals surface area (Å²) in [6.07, 6.45) is -0.437. The van der Waals surface area contributed by atoms with E-state index < -0.39 is 23.9 Å². The zero-order valence-corrected chi connectivity index (χ0v) is 10.2. The number of amides is 1. The second-order valence-corrected chi connectivity index (χ2v) is 4.69. The summed E-state index contributed by atoms with van der Waals surface area (Å²) >= 11 is 0.951. The maximum Gasteiger partial charge on any atom is 0.306 e. The second-order valence-electron chi connectivity index (χ2n) is 3.94. The molecule has 0 aliphatic rings. The number of rotatable bonds is 5. The fourth-order valence-electron chi connectivity index (χ4n) is 1.18. The minimum absolute atomic E-state index is 0.143. The first kappa shape index (κ1) is 13.5. The van der Waals surface area contributed by atoms with Gasteiger partial charge in [0.2, 0.25) is 0 Å². The van der Waals surface area contributed by atoms with Gasteiger partial charge in [0, 0.05) is 6.54 Å². The van der Waals surface area contributed by atoms with Gasteiger partial charge in [-0.1, -0.05) is 4.49 Å². The van der Waals surface area contributed by atoms with E-state index in [-0.39, 0.29) is 6.54 Å². The predicted octanol–water partition coefficient (Wildman–Crippen LogP) is -0.198. The number of hydrogen-bond donors (Lipinski definition) is 3. The standard InChI is InChI=1S/C9H13N3O4S/c1-5-7(17-12-11-5)8(15)10-4-9(2,16)3-6(13)14/h16H,3-4H2,1-2H3,(H,10,15)(H,13,14). The number of aromatic nitrogens is 2. The average molecular weight is 259 g/mol. The van der Waals surface area contributed by atoms with E-state index in [2.05, 4.69) is 14.9 Å². The van der Waals surface area contributed by atoms with Crippen LogP contribution in [0.25, 0.3) is 0 Å². The summed E-state index contributed by atoms with van der Waals surface area (Å²) in [5.74, 6) is -1.54. The van der Waals surface area contributed by atoms with Gasteiger partial charge in [-0.25, -0.2) is 0 Å². The molecule has 8 heteroatoms. The molecule has 0 aromatic carbocycles. The van der Waals surface area contributed by atoms with Crippen LogP contribution in [0.2, 0.25) is 0 Å².